The summed E-state index contributed by atoms with van der Waals surface area (Å²) in [7, 11) is 0. The Balaban J connectivity index is 3.84. The second-order valence-electron chi connectivity index (χ2n) is 3.11. The van der Waals surface area contributed by atoms with E-state index < -0.39 is 18.2 Å². The lowest BCUT2D eigenvalue weighted by Crippen LogP contribution is -2.34. The van der Waals surface area contributed by atoms with Crippen molar-refractivity contribution in [2.45, 2.75) is 45.4 Å². The van der Waals surface area contributed by atoms with Gasteiger partial charge in [-0.1, -0.05) is 26.7 Å². The van der Waals surface area contributed by atoms with Crippen LogP contribution in [0.25, 0.3) is 0 Å². The topological polar surface area (TPSA) is 20.2 Å². The monoisotopic (exact) mass is 184 g/mol. The highest BCUT2D eigenvalue weighted by Gasteiger charge is 2.41. The number of alkyl halides is 3. The van der Waals surface area contributed by atoms with Gasteiger partial charge in [-0.3, -0.25) is 0 Å². The van der Waals surface area contributed by atoms with Gasteiger partial charge in [-0.25, -0.2) is 0 Å². The summed E-state index contributed by atoms with van der Waals surface area (Å²) < 4.78 is 35.6. The van der Waals surface area contributed by atoms with Gasteiger partial charge in [-0.15, -0.1) is 0 Å². The van der Waals surface area contributed by atoms with Crippen LogP contribution in [0.5, 0.6) is 0 Å². The molecule has 0 bridgehead atoms. The van der Waals surface area contributed by atoms with Crippen LogP contribution in [0, 0.1) is 5.92 Å². The van der Waals surface area contributed by atoms with E-state index in [1.54, 1.807) is 0 Å². The quantitative estimate of drug-likeness (QED) is 0.712. The number of hydrogen-bond acceptors (Lipinski definition) is 1. The minimum atomic E-state index is -4.47. The van der Waals surface area contributed by atoms with Crippen molar-refractivity contribution in [2.24, 2.45) is 5.92 Å². The smallest absolute Gasteiger partial charge is 0.383 e. The van der Waals surface area contributed by atoms with Gasteiger partial charge < -0.3 is 5.11 Å². The molecule has 0 saturated heterocycles. The largest absolute Gasteiger partial charge is 0.414 e. The van der Waals surface area contributed by atoms with E-state index in [0.717, 1.165) is 12.8 Å². The molecular weight excluding hydrogens is 169 g/mol. The molecule has 0 unspecified atom stereocenters. The third-order valence-corrected chi connectivity index (χ3v) is 1.89. The van der Waals surface area contributed by atoms with E-state index in [2.05, 4.69) is 0 Å². The molecule has 12 heavy (non-hydrogen) atoms. The molecule has 4 heteroatoms. The fraction of sp³-hybridized carbons (Fsp3) is 1.00. The molecule has 2 atom stereocenters. The lowest BCUT2D eigenvalue weighted by molar-refractivity contribution is -0.218. The summed E-state index contributed by atoms with van der Waals surface area (Å²) in [6.07, 6.45) is -4.61. The van der Waals surface area contributed by atoms with Gasteiger partial charge in [0, 0.05) is 0 Å². The van der Waals surface area contributed by atoms with Gasteiger partial charge >= 0.3 is 6.18 Å². The molecule has 0 aromatic carbocycles. The summed E-state index contributed by atoms with van der Waals surface area (Å²) in [5, 5.41) is 8.76. The molecule has 0 aromatic heterocycles. The molecule has 0 fully saturated rings. The van der Waals surface area contributed by atoms with Crippen molar-refractivity contribution in [3.05, 3.63) is 0 Å². The van der Waals surface area contributed by atoms with E-state index in [0.29, 0.717) is 6.42 Å². The Kier molecular flexibility index (Phi) is 4.60. The Labute approximate surface area is 70.6 Å². The summed E-state index contributed by atoms with van der Waals surface area (Å²) in [4.78, 5) is 0. The Hall–Kier alpha value is -0.250. The molecule has 0 saturated carbocycles. The zero-order valence-electron chi connectivity index (χ0n) is 7.36. The highest BCUT2D eigenvalue weighted by molar-refractivity contribution is 4.71. The van der Waals surface area contributed by atoms with Crippen molar-refractivity contribution < 1.29 is 18.3 Å². The van der Waals surface area contributed by atoms with Crippen LogP contribution >= 0.6 is 0 Å². The number of hydrogen-bond donors (Lipinski definition) is 1. The molecule has 0 aromatic rings. The van der Waals surface area contributed by atoms with Crippen LogP contribution in [0.4, 0.5) is 13.2 Å². The Bertz CT molecular complexity index is 122. The lowest BCUT2D eigenvalue weighted by Gasteiger charge is -2.20. The highest BCUT2D eigenvalue weighted by Crippen LogP contribution is 2.27. The zero-order chi connectivity index (χ0) is 9.78. The van der Waals surface area contributed by atoms with Crippen LogP contribution in [0.1, 0.15) is 33.1 Å². The fourth-order valence-electron chi connectivity index (χ4n) is 1.01. The standard InChI is InChI=1S/C8H15F3O/c1-3-4-5-6(2)7(12)8(9,10)11/h6-7,12H,3-5H2,1-2H3/t6-,7+/m1/s1. The molecule has 0 heterocycles. The number of aliphatic hydroxyl groups excluding tert-OH is 1. The SMILES string of the molecule is CCCC[C@@H](C)[C@H](O)C(F)(F)F. The van der Waals surface area contributed by atoms with E-state index in [1.807, 2.05) is 6.92 Å². The van der Waals surface area contributed by atoms with Gasteiger partial charge in [0.1, 0.15) is 0 Å². The molecule has 0 radical (unpaired) electrons. The average molecular weight is 184 g/mol. The average Bonchev–Trinajstić information content (AvgIpc) is 1.97. The maximum Gasteiger partial charge on any atom is 0.414 e. The molecule has 0 amide bonds. The van der Waals surface area contributed by atoms with Crippen molar-refractivity contribution in [3.8, 4) is 0 Å². The van der Waals surface area contributed by atoms with E-state index in [-0.39, 0.29) is 0 Å². The molecule has 0 aliphatic heterocycles. The van der Waals surface area contributed by atoms with Gasteiger partial charge in [0.05, 0.1) is 0 Å². The highest BCUT2D eigenvalue weighted by atomic mass is 19.4. The van der Waals surface area contributed by atoms with Gasteiger partial charge in [-0.05, 0) is 12.3 Å². The first-order chi connectivity index (χ1) is 5.39. The van der Waals surface area contributed by atoms with Crippen LogP contribution in [0.2, 0.25) is 0 Å². The molecule has 1 nitrogen and oxygen atoms in total. The van der Waals surface area contributed by atoms with E-state index in [9.17, 15) is 13.2 Å². The van der Waals surface area contributed by atoms with Gasteiger partial charge in [0.25, 0.3) is 0 Å². The minimum absolute atomic E-state index is 0.428. The first-order valence-electron chi connectivity index (χ1n) is 4.14. The van der Waals surface area contributed by atoms with Crippen molar-refractivity contribution in [3.63, 3.8) is 0 Å². The maximum absolute atomic E-state index is 11.9. The van der Waals surface area contributed by atoms with E-state index >= 15 is 0 Å². The van der Waals surface area contributed by atoms with E-state index in [4.69, 9.17) is 5.11 Å². The second-order valence-corrected chi connectivity index (χ2v) is 3.11. The molecule has 0 aliphatic rings. The van der Waals surface area contributed by atoms with Crippen LogP contribution in [0.3, 0.4) is 0 Å². The van der Waals surface area contributed by atoms with Gasteiger partial charge in [0.2, 0.25) is 0 Å². The number of aliphatic hydroxyl groups is 1. The predicted octanol–water partition coefficient (Wildman–Crippen LogP) is 2.74. The molecule has 0 spiro atoms. The second kappa shape index (κ2) is 4.70. The zero-order valence-corrected chi connectivity index (χ0v) is 7.36. The lowest BCUT2D eigenvalue weighted by atomic mass is 9.98. The maximum atomic E-state index is 11.9. The van der Waals surface area contributed by atoms with Crippen molar-refractivity contribution in [1.82, 2.24) is 0 Å². The fourth-order valence-corrected chi connectivity index (χ4v) is 1.01. The van der Waals surface area contributed by atoms with Gasteiger partial charge in [-0.2, -0.15) is 13.2 Å². The number of rotatable bonds is 4. The first kappa shape index (κ1) is 11.8. The van der Waals surface area contributed by atoms with Crippen LogP contribution in [-0.2, 0) is 0 Å². The summed E-state index contributed by atoms with van der Waals surface area (Å²) in [5.74, 6) is -0.690. The third-order valence-electron chi connectivity index (χ3n) is 1.89. The van der Waals surface area contributed by atoms with Crippen molar-refractivity contribution in [1.29, 1.82) is 0 Å². The molecule has 0 aliphatic carbocycles. The molecule has 1 N–H and O–H groups in total. The van der Waals surface area contributed by atoms with Crippen LogP contribution in [-0.4, -0.2) is 17.4 Å². The van der Waals surface area contributed by atoms with Gasteiger partial charge in [0.15, 0.2) is 6.10 Å². The molecule has 0 rings (SSSR count). The number of halogens is 3. The predicted molar refractivity (Wildman–Crippen MR) is 40.8 cm³/mol. The molecule has 74 valence electrons. The third kappa shape index (κ3) is 3.95. The summed E-state index contributed by atoms with van der Waals surface area (Å²) in [6, 6.07) is 0. The Morgan fingerprint density at radius 3 is 2.17 bits per heavy atom. The first-order valence-corrected chi connectivity index (χ1v) is 4.14. The normalized spacial score (nSPS) is 17.5. The van der Waals surface area contributed by atoms with Crippen molar-refractivity contribution in [2.75, 3.05) is 0 Å². The van der Waals surface area contributed by atoms with Crippen LogP contribution in [0.15, 0.2) is 0 Å². The molecular formula is C8H15F3O. The van der Waals surface area contributed by atoms with Crippen molar-refractivity contribution >= 4 is 0 Å². The summed E-state index contributed by atoms with van der Waals surface area (Å²) >= 11 is 0. The Morgan fingerprint density at radius 1 is 1.33 bits per heavy atom. The number of unbranched alkanes of at least 4 members (excludes halogenated alkanes) is 1. The summed E-state index contributed by atoms with van der Waals surface area (Å²) in [5.41, 5.74) is 0. The summed E-state index contributed by atoms with van der Waals surface area (Å²) in [6.45, 7) is 3.33. The minimum Gasteiger partial charge on any atom is -0.383 e. The van der Waals surface area contributed by atoms with Crippen LogP contribution < -0.4 is 0 Å². The van der Waals surface area contributed by atoms with E-state index in [1.165, 1.54) is 6.92 Å². The Morgan fingerprint density at radius 2 is 1.83 bits per heavy atom.